The number of thioether (sulfide) groups is 2. The molecular weight excluding hydrogens is 895 g/mol. The largest absolute Gasteiger partial charge is 1.00 e. The molecule has 14 nitrogen and oxygen atoms in total. The number of benzene rings is 2. The summed E-state index contributed by atoms with van der Waals surface area (Å²) in [6.45, 7) is 18.5. The third kappa shape index (κ3) is 14.5. The number of aryl methyl sites for hydroxylation is 4. The molecule has 0 aliphatic carbocycles. The molecule has 2 saturated heterocycles. The number of alkyl halides is 1. The molecule has 0 radical (unpaired) electrons. The van der Waals surface area contributed by atoms with Gasteiger partial charge in [-0.1, -0.05) is 84.2 Å². The van der Waals surface area contributed by atoms with Crippen LogP contribution in [0.15, 0.2) is 108 Å². The first-order valence-corrected chi connectivity index (χ1v) is 24.6. The first-order chi connectivity index (χ1) is 31.8. The topological polar surface area (TPSA) is 132 Å². The van der Waals surface area contributed by atoms with E-state index in [0.29, 0.717) is 0 Å². The summed E-state index contributed by atoms with van der Waals surface area (Å²) in [4.78, 5) is 35.9. The number of aromatic amines is 1. The second-order valence-corrected chi connectivity index (χ2v) is 18.3. The van der Waals surface area contributed by atoms with Gasteiger partial charge in [-0.15, -0.1) is 11.6 Å². The summed E-state index contributed by atoms with van der Waals surface area (Å²) >= 11 is 8.93. The van der Waals surface area contributed by atoms with Crippen molar-refractivity contribution >= 4 is 46.7 Å². The summed E-state index contributed by atoms with van der Waals surface area (Å²) in [6, 6.07) is 24.7. The number of aromatic nitrogens is 10. The quantitative estimate of drug-likeness (QED) is 0.0642. The van der Waals surface area contributed by atoms with E-state index in [-0.39, 0.29) is 26.3 Å². The van der Waals surface area contributed by atoms with Gasteiger partial charge in [0.05, 0.1) is 55.4 Å². The van der Waals surface area contributed by atoms with Gasteiger partial charge in [-0.2, -0.15) is 0 Å². The maximum Gasteiger partial charge on any atom is 1.00 e. The fourth-order valence-electron chi connectivity index (χ4n) is 7.64. The van der Waals surface area contributed by atoms with Gasteiger partial charge in [0, 0.05) is 110 Å². The van der Waals surface area contributed by atoms with Crippen LogP contribution in [-0.4, -0.2) is 130 Å². The molecule has 0 saturated carbocycles. The molecule has 2 fully saturated rings. The van der Waals surface area contributed by atoms with E-state index in [1.807, 2.05) is 54.9 Å². The predicted octanol–water partition coefficient (Wildman–Crippen LogP) is 5.87. The number of hydrogen-bond donors (Lipinski definition) is 1. The van der Waals surface area contributed by atoms with Crippen LogP contribution >= 0.6 is 35.1 Å². The van der Waals surface area contributed by atoms with Gasteiger partial charge in [-0.25, -0.2) is 29.9 Å². The normalized spacial score (nSPS) is 14.2. The van der Waals surface area contributed by atoms with Crippen molar-refractivity contribution < 1.29 is 28.3 Å². The maximum absolute atomic E-state index is 5.55. The molecule has 0 spiro atoms. The van der Waals surface area contributed by atoms with E-state index in [0.717, 1.165) is 168 Å². The zero-order valence-corrected chi connectivity index (χ0v) is 42.0. The summed E-state index contributed by atoms with van der Waals surface area (Å²) in [5.74, 6) is 3.76. The van der Waals surface area contributed by atoms with Crippen LogP contribution in [0, 0.1) is 35.1 Å². The molecule has 0 amide bonds. The van der Waals surface area contributed by atoms with E-state index < -0.39 is 0 Å². The molecule has 348 valence electrons. The molecule has 18 heteroatoms. The van der Waals surface area contributed by atoms with Crippen molar-refractivity contribution in [2.75, 3.05) is 71.6 Å². The second kappa shape index (κ2) is 25.8. The van der Waals surface area contributed by atoms with E-state index in [9.17, 15) is 0 Å². The summed E-state index contributed by atoms with van der Waals surface area (Å²) < 4.78 is 17.0. The minimum absolute atomic E-state index is 0. The number of nitrogens with one attached hydrogen (secondary N) is 1. The van der Waals surface area contributed by atoms with Crippen molar-refractivity contribution in [3.05, 3.63) is 139 Å². The standard InChI is InChI=1S/C24H28N6OS.C18H17N5S.C6H12ClNO.CH3.Li/c1-18-14-19(2)30-15-21(26-23(30)25-18)17-32-24-27-22(20-6-4-3-5-7-20)16-29(24)9-8-28-10-12-31-13-11-28;1-12-8-13(2)23-10-15(21-17(23)20-12)11-24-18-19-9-16(22-18)14-6-4-3-5-7-14;7-1-2-8-3-5-9-6-4-8;;/h3-7,14-16H,8-13,17H2,1-2H3;3-10H,11H2,1-2H3,(H,19,22);1-6H2;1H3;/q;;;-1;+1. The van der Waals surface area contributed by atoms with E-state index in [1.165, 1.54) is 0 Å². The van der Waals surface area contributed by atoms with E-state index in [2.05, 4.69) is 118 Å². The number of halogens is 1. The van der Waals surface area contributed by atoms with Gasteiger partial charge in [0.2, 0.25) is 11.6 Å². The molecule has 2 aliphatic rings. The molecule has 8 aromatic rings. The molecule has 8 heterocycles. The number of fused-ring (bicyclic) bond motifs is 2. The molecule has 0 unspecified atom stereocenters. The number of H-pyrrole nitrogens is 1. The minimum Gasteiger partial charge on any atom is -0.379 e. The summed E-state index contributed by atoms with van der Waals surface area (Å²) in [7, 11) is 0. The van der Waals surface area contributed by atoms with Crippen LogP contribution in [0.5, 0.6) is 0 Å². The van der Waals surface area contributed by atoms with Gasteiger partial charge in [0.15, 0.2) is 10.3 Å². The average Bonchev–Trinajstić information content (AvgIpc) is 4.15. The Morgan fingerprint density at radius 3 is 1.70 bits per heavy atom. The third-order valence-electron chi connectivity index (χ3n) is 11.0. The molecular formula is C49H60ClLiN12O2S2. The number of nitrogens with zero attached hydrogens (tertiary/aromatic N) is 11. The van der Waals surface area contributed by atoms with Gasteiger partial charge in [0.1, 0.15) is 0 Å². The van der Waals surface area contributed by atoms with Crippen molar-refractivity contribution in [1.29, 1.82) is 0 Å². The maximum atomic E-state index is 5.55. The summed E-state index contributed by atoms with van der Waals surface area (Å²) in [5, 5.41) is 1.92. The number of imidazole rings is 4. The smallest absolute Gasteiger partial charge is 0.379 e. The number of morpholine rings is 2. The van der Waals surface area contributed by atoms with Crippen LogP contribution < -0.4 is 18.9 Å². The Labute approximate surface area is 419 Å². The predicted molar refractivity (Wildman–Crippen MR) is 267 cm³/mol. The number of rotatable bonds is 13. The van der Waals surface area contributed by atoms with E-state index in [1.54, 1.807) is 23.5 Å². The Kier molecular flexibility index (Phi) is 20.0. The van der Waals surface area contributed by atoms with Crippen molar-refractivity contribution in [3.63, 3.8) is 0 Å². The Balaban J connectivity index is 0.000000186. The SMILES string of the molecule is Cc1cc(C)n2cc(CSc3nc(-c4ccccc4)cn3CCN3CCOCC3)nc2n1.Cc1cc(C)n2cc(CSc3ncc(-c4ccccc4)[nH]3)nc2n1.ClCCN1CCOCC1.[CH3-].[Li+]. The zero-order chi connectivity index (χ0) is 45.0. The molecule has 10 rings (SSSR count). The van der Waals surface area contributed by atoms with E-state index >= 15 is 0 Å². The monoisotopic (exact) mass is 954 g/mol. The van der Waals surface area contributed by atoms with Crippen LogP contribution in [0.4, 0.5) is 0 Å². The van der Waals surface area contributed by atoms with Gasteiger partial charge in [0.25, 0.3) is 0 Å². The molecule has 2 aromatic carbocycles. The molecule has 6 aromatic heterocycles. The Morgan fingerprint density at radius 1 is 0.627 bits per heavy atom. The van der Waals surface area contributed by atoms with Crippen molar-refractivity contribution in [2.45, 2.75) is 56.1 Å². The zero-order valence-electron chi connectivity index (χ0n) is 39.6. The van der Waals surface area contributed by atoms with Gasteiger partial charge in [-0.05, 0) is 45.4 Å². The molecule has 0 atom stereocenters. The van der Waals surface area contributed by atoms with E-state index in [4.69, 9.17) is 31.0 Å². The number of ether oxygens (including phenoxy) is 2. The van der Waals surface area contributed by atoms with Crippen LogP contribution in [0.25, 0.3) is 34.1 Å². The number of hydrogen-bond acceptors (Lipinski definition) is 12. The van der Waals surface area contributed by atoms with Crippen molar-refractivity contribution in [1.82, 2.24) is 58.1 Å². The van der Waals surface area contributed by atoms with Crippen molar-refractivity contribution in [3.8, 4) is 22.5 Å². The third-order valence-corrected chi connectivity index (χ3v) is 13.2. The Bertz CT molecular complexity index is 2730. The Hall–Kier alpha value is -4.47. The molecule has 67 heavy (non-hydrogen) atoms. The fraction of sp³-hybridized carbons (Fsp3) is 0.367. The van der Waals surface area contributed by atoms with Gasteiger partial charge in [-0.3, -0.25) is 18.6 Å². The Morgan fingerprint density at radius 2 is 1.15 bits per heavy atom. The van der Waals surface area contributed by atoms with Gasteiger partial charge < -0.3 is 26.5 Å². The second-order valence-electron chi connectivity index (χ2n) is 16.0. The first kappa shape index (κ1) is 51.9. The first-order valence-electron chi connectivity index (χ1n) is 22.1. The molecule has 0 bridgehead atoms. The van der Waals surface area contributed by atoms with Crippen molar-refractivity contribution in [2.24, 2.45) is 0 Å². The molecule has 2 aliphatic heterocycles. The fourth-order valence-corrected chi connectivity index (χ4v) is 9.50. The minimum atomic E-state index is 0. The van der Waals surface area contributed by atoms with Crippen LogP contribution in [-0.2, 0) is 27.5 Å². The van der Waals surface area contributed by atoms with Gasteiger partial charge >= 0.3 is 18.9 Å². The molecule has 1 N–H and O–H groups in total. The summed E-state index contributed by atoms with van der Waals surface area (Å²) in [5.41, 5.74) is 10.6. The van der Waals surface area contributed by atoms with Crippen LogP contribution in [0.1, 0.15) is 34.2 Å². The van der Waals surface area contributed by atoms with Crippen LogP contribution in [0.3, 0.4) is 0 Å². The van der Waals surface area contributed by atoms with Crippen LogP contribution in [0.2, 0.25) is 0 Å². The average molecular weight is 956 g/mol. The summed E-state index contributed by atoms with van der Waals surface area (Å²) in [6.07, 6.45) is 8.18.